The van der Waals surface area contributed by atoms with Gasteiger partial charge in [-0.05, 0) is 30.2 Å². The lowest BCUT2D eigenvalue weighted by Gasteiger charge is -2.20. The highest BCUT2D eigenvalue weighted by atomic mass is 16.6. The highest BCUT2D eigenvalue weighted by Gasteiger charge is 2.23. The van der Waals surface area contributed by atoms with Gasteiger partial charge >= 0.3 is 5.97 Å². The first-order valence-electron chi connectivity index (χ1n) is 9.89. The van der Waals surface area contributed by atoms with Gasteiger partial charge in [0.15, 0.2) is 17.6 Å². The van der Waals surface area contributed by atoms with Crippen LogP contribution < -0.4 is 9.47 Å². The number of benzene rings is 3. The van der Waals surface area contributed by atoms with E-state index in [2.05, 4.69) is 12.1 Å². The average molecular weight is 390 g/mol. The molecule has 150 valence electrons. The van der Waals surface area contributed by atoms with Gasteiger partial charge in [-0.25, -0.2) is 4.79 Å². The fraction of sp³-hybridized carbons (Fsp3) is 0.240. The molecule has 4 heteroatoms. The van der Waals surface area contributed by atoms with Gasteiger partial charge in [-0.3, -0.25) is 0 Å². The summed E-state index contributed by atoms with van der Waals surface area (Å²) in [6.45, 7) is 2.62. The largest absolute Gasteiger partial charge is 0.489 e. The molecular weight excluding hydrogens is 364 g/mol. The molecule has 4 nitrogen and oxygen atoms in total. The number of carbonyl (C=O) groups is 1. The first-order valence-corrected chi connectivity index (χ1v) is 9.89. The van der Waals surface area contributed by atoms with E-state index in [4.69, 9.17) is 14.2 Å². The standard InChI is InChI=1S/C25H26O4/c1-2-27-25(26)24(19-21-13-7-4-8-14-21)29-23-16-10-9-15-22(23)28-18-17-20-11-5-3-6-12-20/h3-16,24H,2,17-19H2,1H3. The van der Waals surface area contributed by atoms with E-state index in [1.54, 1.807) is 6.92 Å². The number of hydrogen-bond acceptors (Lipinski definition) is 4. The molecule has 0 saturated carbocycles. The molecule has 0 bridgehead atoms. The molecule has 3 aromatic rings. The second kappa shape index (κ2) is 10.9. The van der Waals surface area contributed by atoms with E-state index in [1.807, 2.05) is 72.8 Å². The maximum atomic E-state index is 12.5. The maximum absolute atomic E-state index is 12.5. The van der Waals surface area contributed by atoms with Crippen molar-refractivity contribution in [3.63, 3.8) is 0 Å². The molecule has 0 spiro atoms. The van der Waals surface area contributed by atoms with Crippen LogP contribution in [0, 0.1) is 0 Å². The molecule has 29 heavy (non-hydrogen) atoms. The van der Waals surface area contributed by atoms with Crippen LogP contribution in [0.2, 0.25) is 0 Å². The van der Waals surface area contributed by atoms with E-state index in [1.165, 1.54) is 5.56 Å². The zero-order valence-corrected chi connectivity index (χ0v) is 16.6. The predicted octanol–water partition coefficient (Wildman–Crippen LogP) is 4.86. The fourth-order valence-corrected chi connectivity index (χ4v) is 2.98. The Morgan fingerprint density at radius 1 is 0.793 bits per heavy atom. The van der Waals surface area contributed by atoms with E-state index >= 15 is 0 Å². The van der Waals surface area contributed by atoms with Crippen LogP contribution in [0.4, 0.5) is 0 Å². The van der Waals surface area contributed by atoms with Gasteiger partial charge in [0.25, 0.3) is 0 Å². The highest BCUT2D eigenvalue weighted by Crippen LogP contribution is 2.28. The maximum Gasteiger partial charge on any atom is 0.347 e. The summed E-state index contributed by atoms with van der Waals surface area (Å²) in [7, 11) is 0. The van der Waals surface area contributed by atoms with Gasteiger partial charge in [0.05, 0.1) is 13.2 Å². The third kappa shape index (κ3) is 6.39. The van der Waals surface area contributed by atoms with Crippen LogP contribution in [-0.2, 0) is 22.4 Å². The summed E-state index contributed by atoms with van der Waals surface area (Å²) in [6.07, 6.45) is 0.481. The lowest BCUT2D eigenvalue weighted by molar-refractivity contribution is -0.151. The molecule has 0 amide bonds. The van der Waals surface area contributed by atoms with Gasteiger partial charge in [0.2, 0.25) is 0 Å². The Labute approximate surface area is 172 Å². The van der Waals surface area contributed by atoms with Gasteiger partial charge in [0.1, 0.15) is 0 Å². The molecule has 1 unspecified atom stereocenters. The number of ether oxygens (including phenoxy) is 3. The Morgan fingerprint density at radius 2 is 1.38 bits per heavy atom. The van der Waals surface area contributed by atoms with Gasteiger partial charge in [-0.15, -0.1) is 0 Å². The van der Waals surface area contributed by atoms with Crippen molar-refractivity contribution in [2.24, 2.45) is 0 Å². The van der Waals surface area contributed by atoms with E-state index in [0.29, 0.717) is 31.1 Å². The quantitative estimate of drug-likeness (QED) is 0.464. The lowest BCUT2D eigenvalue weighted by atomic mass is 10.1. The molecule has 0 radical (unpaired) electrons. The molecular formula is C25H26O4. The van der Waals surface area contributed by atoms with Gasteiger partial charge in [-0.2, -0.15) is 0 Å². The number of rotatable bonds is 10. The zero-order valence-electron chi connectivity index (χ0n) is 16.6. The zero-order chi connectivity index (χ0) is 20.3. The Hall–Kier alpha value is -3.27. The second-order valence-corrected chi connectivity index (χ2v) is 6.58. The first-order chi connectivity index (χ1) is 14.3. The topological polar surface area (TPSA) is 44.8 Å². The summed E-state index contributed by atoms with van der Waals surface area (Å²) < 4.78 is 17.2. The average Bonchev–Trinajstić information content (AvgIpc) is 2.76. The Kier molecular flexibility index (Phi) is 7.70. The molecule has 0 N–H and O–H groups in total. The molecule has 0 fully saturated rings. The van der Waals surface area contributed by atoms with Crippen molar-refractivity contribution >= 4 is 5.97 Å². The Bertz CT molecular complexity index is 878. The van der Waals surface area contributed by atoms with Crippen LogP contribution in [0.3, 0.4) is 0 Å². The van der Waals surface area contributed by atoms with Gasteiger partial charge < -0.3 is 14.2 Å². The molecule has 0 aromatic heterocycles. The third-order valence-corrected chi connectivity index (χ3v) is 4.42. The van der Waals surface area contributed by atoms with Crippen LogP contribution in [0.15, 0.2) is 84.9 Å². The highest BCUT2D eigenvalue weighted by molar-refractivity contribution is 5.75. The normalized spacial score (nSPS) is 11.5. The van der Waals surface area contributed by atoms with E-state index in [-0.39, 0.29) is 5.97 Å². The minimum atomic E-state index is -0.740. The molecule has 1 atom stereocenters. The summed E-state index contributed by atoms with van der Waals surface area (Å²) in [5.74, 6) is 0.774. The summed E-state index contributed by atoms with van der Waals surface area (Å²) in [5, 5.41) is 0. The summed E-state index contributed by atoms with van der Waals surface area (Å²) >= 11 is 0. The van der Waals surface area contributed by atoms with Crippen molar-refractivity contribution in [2.75, 3.05) is 13.2 Å². The molecule has 0 aliphatic heterocycles. The number of carbonyl (C=O) groups excluding carboxylic acids is 1. The molecule has 3 rings (SSSR count). The molecule has 0 saturated heterocycles. The summed E-state index contributed by atoms with van der Waals surface area (Å²) in [6, 6.07) is 27.4. The molecule has 0 aliphatic rings. The third-order valence-electron chi connectivity index (χ3n) is 4.42. The first kappa shape index (κ1) is 20.5. The van der Waals surface area contributed by atoms with Gasteiger partial charge in [0, 0.05) is 12.8 Å². The Morgan fingerprint density at radius 3 is 2.03 bits per heavy atom. The predicted molar refractivity (Wildman–Crippen MR) is 113 cm³/mol. The van der Waals surface area contributed by atoms with Crippen molar-refractivity contribution in [1.82, 2.24) is 0 Å². The minimum Gasteiger partial charge on any atom is -0.489 e. The molecule has 3 aromatic carbocycles. The van der Waals surface area contributed by atoms with Gasteiger partial charge in [-0.1, -0.05) is 72.8 Å². The van der Waals surface area contributed by atoms with Crippen LogP contribution >= 0.6 is 0 Å². The van der Waals surface area contributed by atoms with Crippen molar-refractivity contribution < 1.29 is 19.0 Å². The number of hydrogen-bond donors (Lipinski definition) is 0. The van der Waals surface area contributed by atoms with Crippen LogP contribution in [0.1, 0.15) is 18.1 Å². The van der Waals surface area contributed by atoms with Crippen LogP contribution in [0.25, 0.3) is 0 Å². The minimum absolute atomic E-state index is 0.308. The summed E-state index contributed by atoms with van der Waals surface area (Å²) in [5.41, 5.74) is 2.22. The van der Waals surface area contributed by atoms with Crippen molar-refractivity contribution in [1.29, 1.82) is 0 Å². The molecule has 0 heterocycles. The fourth-order valence-electron chi connectivity index (χ4n) is 2.98. The van der Waals surface area contributed by atoms with Crippen molar-refractivity contribution in [2.45, 2.75) is 25.9 Å². The summed E-state index contributed by atoms with van der Waals surface area (Å²) in [4.78, 5) is 12.5. The smallest absolute Gasteiger partial charge is 0.347 e. The van der Waals surface area contributed by atoms with Crippen LogP contribution in [0.5, 0.6) is 11.5 Å². The van der Waals surface area contributed by atoms with E-state index in [0.717, 1.165) is 12.0 Å². The SMILES string of the molecule is CCOC(=O)C(Cc1ccccc1)Oc1ccccc1OCCc1ccccc1. The van der Waals surface area contributed by atoms with E-state index < -0.39 is 6.10 Å². The second-order valence-electron chi connectivity index (χ2n) is 6.58. The number of esters is 1. The lowest BCUT2D eigenvalue weighted by Crippen LogP contribution is -2.31. The van der Waals surface area contributed by atoms with Crippen LogP contribution in [-0.4, -0.2) is 25.3 Å². The Balaban J connectivity index is 1.69. The monoisotopic (exact) mass is 390 g/mol. The number of para-hydroxylation sites is 2. The van der Waals surface area contributed by atoms with Crippen molar-refractivity contribution in [3.8, 4) is 11.5 Å². The molecule has 0 aliphatic carbocycles. The van der Waals surface area contributed by atoms with Crippen molar-refractivity contribution in [3.05, 3.63) is 96.1 Å². The van der Waals surface area contributed by atoms with E-state index in [9.17, 15) is 4.79 Å².